The SMILES string of the molecule is Cc1ccc2c(c1)OC1(CC1)C(=O)NC2. The van der Waals surface area contributed by atoms with Crippen LogP contribution in [0.25, 0.3) is 0 Å². The highest BCUT2D eigenvalue weighted by molar-refractivity contribution is 5.89. The van der Waals surface area contributed by atoms with E-state index in [1.807, 2.05) is 25.1 Å². The Kier molecular flexibility index (Phi) is 1.61. The van der Waals surface area contributed by atoms with E-state index in [0.29, 0.717) is 6.54 Å². The van der Waals surface area contributed by atoms with Crippen LogP contribution in [0.15, 0.2) is 18.2 Å². The third kappa shape index (κ3) is 1.30. The third-order valence-corrected chi connectivity index (χ3v) is 3.09. The summed E-state index contributed by atoms with van der Waals surface area (Å²) in [5, 5.41) is 2.91. The van der Waals surface area contributed by atoms with Gasteiger partial charge < -0.3 is 10.1 Å². The molecule has 0 aromatic heterocycles. The van der Waals surface area contributed by atoms with Gasteiger partial charge in [-0.15, -0.1) is 0 Å². The second-order valence-corrected chi connectivity index (χ2v) is 4.39. The molecule has 1 aromatic carbocycles. The lowest BCUT2D eigenvalue weighted by atomic mass is 10.1. The van der Waals surface area contributed by atoms with Crippen LogP contribution in [0.5, 0.6) is 5.75 Å². The summed E-state index contributed by atoms with van der Waals surface area (Å²) in [6.07, 6.45) is 1.68. The van der Waals surface area contributed by atoms with Gasteiger partial charge in [0.2, 0.25) is 0 Å². The van der Waals surface area contributed by atoms with E-state index < -0.39 is 5.60 Å². The Bertz CT molecular complexity index is 435. The van der Waals surface area contributed by atoms with Crippen molar-refractivity contribution in [1.82, 2.24) is 5.32 Å². The molecule has 1 aliphatic heterocycles. The highest BCUT2D eigenvalue weighted by atomic mass is 16.5. The van der Waals surface area contributed by atoms with Crippen LogP contribution in [-0.2, 0) is 11.3 Å². The summed E-state index contributed by atoms with van der Waals surface area (Å²) in [5.41, 5.74) is 1.69. The van der Waals surface area contributed by atoms with Crippen LogP contribution in [-0.4, -0.2) is 11.5 Å². The van der Waals surface area contributed by atoms with Gasteiger partial charge in [0.05, 0.1) is 0 Å². The minimum atomic E-state index is -0.543. The van der Waals surface area contributed by atoms with E-state index in [2.05, 4.69) is 5.32 Å². The number of benzene rings is 1. The number of fused-ring (bicyclic) bond motifs is 1. The summed E-state index contributed by atoms with van der Waals surface area (Å²) in [6, 6.07) is 6.07. The summed E-state index contributed by atoms with van der Waals surface area (Å²) in [4.78, 5) is 11.7. The topological polar surface area (TPSA) is 38.3 Å². The molecule has 1 amide bonds. The van der Waals surface area contributed by atoms with E-state index >= 15 is 0 Å². The fourth-order valence-corrected chi connectivity index (χ4v) is 1.94. The summed E-state index contributed by atoms with van der Waals surface area (Å²) < 4.78 is 5.84. The van der Waals surface area contributed by atoms with Crippen LogP contribution in [0, 0.1) is 6.92 Å². The highest BCUT2D eigenvalue weighted by Crippen LogP contribution is 2.43. The van der Waals surface area contributed by atoms with Crippen molar-refractivity contribution in [2.24, 2.45) is 0 Å². The van der Waals surface area contributed by atoms with Crippen molar-refractivity contribution in [3.63, 3.8) is 0 Å². The summed E-state index contributed by atoms with van der Waals surface area (Å²) in [7, 11) is 0. The number of rotatable bonds is 0. The zero-order valence-corrected chi connectivity index (χ0v) is 8.67. The Morgan fingerprint density at radius 2 is 2.20 bits per heavy atom. The normalized spacial score (nSPS) is 21.3. The van der Waals surface area contributed by atoms with Crippen molar-refractivity contribution in [2.75, 3.05) is 0 Å². The first-order valence-electron chi connectivity index (χ1n) is 5.26. The summed E-state index contributed by atoms with van der Waals surface area (Å²) >= 11 is 0. The van der Waals surface area contributed by atoms with Crippen molar-refractivity contribution >= 4 is 5.91 Å². The predicted octanol–water partition coefficient (Wildman–Crippen LogP) is 1.54. The summed E-state index contributed by atoms with van der Waals surface area (Å²) in [5.74, 6) is 0.905. The first-order chi connectivity index (χ1) is 7.20. The van der Waals surface area contributed by atoms with Crippen LogP contribution in [0.2, 0.25) is 0 Å². The molecule has 0 unspecified atom stereocenters. The number of amides is 1. The van der Waals surface area contributed by atoms with Crippen LogP contribution in [0.4, 0.5) is 0 Å². The maximum absolute atomic E-state index is 11.7. The van der Waals surface area contributed by atoms with Gasteiger partial charge in [-0.3, -0.25) is 4.79 Å². The molecule has 1 aliphatic carbocycles. The van der Waals surface area contributed by atoms with E-state index in [-0.39, 0.29) is 5.91 Å². The van der Waals surface area contributed by atoms with Gasteiger partial charge in [0.25, 0.3) is 5.91 Å². The van der Waals surface area contributed by atoms with E-state index in [0.717, 1.165) is 24.2 Å². The minimum absolute atomic E-state index is 0.0383. The largest absolute Gasteiger partial charge is 0.477 e. The lowest BCUT2D eigenvalue weighted by Crippen LogP contribution is -2.37. The van der Waals surface area contributed by atoms with Crippen LogP contribution in [0.3, 0.4) is 0 Å². The van der Waals surface area contributed by atoms with E-state index in [1.54, 1.807) is 0 Å². The van der Waals surface area contributed by atoms with E-state index in [9.17, 15) is 4.79 Å². The smallest absolute Gasteiger partial charge is 0.264 e. The Hall–Kier alpha value is -1.51. The molecular formula is C12H13NO2. The monoisotopic (exact) mass is 203 g/mol. The molecule has 1 fully saturated rings. The number of carbonyl (C=O) groups excluding carboxylic acids is 1. The van der Waals surface area contributed by atoms with Crippen molar-refractivity contribution in [3.8, 4) is 5.75 Å². The Labute approximate surface area is 88.4 Å². The van der Waals surface area contributed by atoms with Crippen LogP contribution in [0.1, 0.15) is 24.0 Å². The molecule has 2 aliphatic rings. The maximum atomic E-state index is 11.7. The van der Waals surface area contributed by atoms with Gasteiger partial charge in [-0.25, -0.2) is 0 Å². The molecule has 1 spiro atoms. The molecular weight excluding hydrogens is 190 g/mol. The van der Waals surface area contributed by atoms with E-state index in [4.69, 9.17) is 4.74 Å². The van der Waals surface area contributed by atoms with Crippen molar-refractivity contribution in [3.05, 3.63) is 29.3 Å². The maximum Gasteiger partial charge on any atom is 0.264 e. The molecule has 3 heteroatoms. The van der Waals surface area contributed by atoms with Crippen molar-refractivity contribution in [2.45, 2.75) is 31.9 Å². The van der Waals surface area contributed by atoms with Crippen molar-refractivity contribution in [1.29, 1.82) is 0 Å². The molecule has 1 saturated carbocycles. The number of hydrogen-bond donors (Lipinski definition) is 1. The molecule has 0 bridgehead atoms. The fraction of sp³-hybridized carbons (Fsp3) is 0.417. The second kappa shape index (κ2) is 2.75. The molecule has 0 radical (unpaired) electrons. The highest BCUT2D eigenvalue weighted by Gasteiger charge is 2.54. The fourth-order valence-electron chi connectivity index (χ4n) is 1.94. The zero-order valence-electron chi connectivity index (χ0n) is 8.67. The van der Waals surface area contributed by atoms with Gasteiger partial charge in [-0.1, -0.05) is 12.1 Å². The molecule has 1 heterocycles. The third-order valence-electron chi connectivity index (χ3n) is 3.09. The lowest BCUT2D eigenvalue weighted by molar-refractivity contribution is -0.129. The summed E-state index contributed by atoms with van der Waals surface area (Å²) in [6.45, 7) is 2.61. The van der Waals surface area contributed by atoms with Gasteiger partial charge in [-0.2, -0.15) is 0 Å². The number of hydrogen-bond acceptors (Lipinski definition) is 2. The molecule has 3 rings (SSSR count). The van der Waals surface area contributed by atoms with Gasteiger partial charge >= 0.3 is 0 Å². The average molecular weight is 203 g/mol. The van der Waals surface area contributed by atoms with Crippen LogP contribution < -0.4 is 10.1 Å². The van der Waals surface area contributed by atoms with E-state index in [1.165, 1.54) is 5.56 Å². The Balaban J connectivity index is 2.04. The average Bonchev–Trinajstić information content (AvgIpc) is 2.98. The number of ether oxygens (including phenoxy) is 1. The van der Waals surface area contributed by atoms with Gasteiger partial charge in [0.15, 0.2) is 5.60 Å². The first kappa shape index (κ1) is 8.77. The van der Waals surface area contributed by atoms with Gasteiger partial charge in [0, 0.05) is 24.9 Å². The van der Waals surface area contributed by atoms with Crippen LogP contribution >= 0.6 is 0 Å². The van der Waals surface area contributed by atoms with Gasteiger partial charge in [-0.05, 0) is 18.6 Å². The second-order valence-electron chi connectivity index (χ2n) is 4.39. The first-order valence-corrected chi connectivity index (χ1v) is 5.26. The molecule has 1 N–H and O–H groups in total. The Morgan fingerprint density at radius 3 is 2.93 bits per heavy atom. The molecule has 0 saturated heterocycles. The predicted molar refractivity (Wildman–Crippen MR) is 55.6 cm³/mol. The molecule has 1 aromatic rings. The molecule has 3 nitrogen and oxygen atoms in total. The zero-order chi connectivity index (χ0) is 10.5. The number of aryl methyl sites for hydroxylation is 1. The minimum Gasteiger partial charge on any atom is -0.477 e. The molecule has 15 heavy (non-hydrogen) atoms. The Morgan fingerprint density at radius 1 is 1.40 bits per heavy atom. The quantitative estimate of drug-likeness (QED) is 0.694. The molecule has 78 valence electrons. The molecule has 0 atom stereocenters. The number of nitrogens with one attached hydrogen (secondary N) is 1. The standard InChI is InChI=1S/C12H13NO2/c1-8-2-3-9-7-13-11(14)12(4-5-12)15-10(9)6-8/h2-3,6H,4-5,7H2,1H3,(H,13,14). The van der Waals surface area contributed by atoms with Crippen molar-refractivity contribution < 1.29 is 9.53 Å². The van der Waals surface area contributed by atoms with Gasteiger partial charge in [0.1, 0.15) is 5.75 Å². The number of carbonyl (C=O) groups is 1. The lowest BCUT2D eigenvalue weighted by Gasteiger charge is -2.14.